The molecule has 4 aromatic rings. The van der Waals surface area contributed by atoms with E-state index in [1.165, 1.54) is 12.1 Å². The summed E-state index contributed by atoms with van der Waals surface area (Å²) < 4.78 is 35.0. The fourth-order valence-corrected chi connectivity index (χ4v) is 3.96. The van der Waals surface area contributed by atoms with Gasteiger partial charge >= 0.3 is 0 Å². The first-order valence-electron chi connectivity index (χ1n) is 10.2. The summed E-state index contributed by atoms with van der Waals surface area (Å²) in [6.07, 6.45) is 2.06. The summed E-state index contributed by atoms with van der Waals surface area (Å²) in [6, 6.07) is 18.0. The molecule has 3 nitrogen and oxygen atoms in total. The molecule has 0 bridgehead atoms. The quantitative estimate of drug-likeness (QED) is 0.371. The minimum Gasteiger partial charge on any atom is -0.457 e. The highest BCUT2D eigenvalue weighted by molar-refractivity contribution is 5.98. The molecule has 0 aliphatic heterocycles. The first-order chi connectivity index (χ1) is 14.8. The van der Waals surface area contributed by atoms with E-state index in [4.69, 9.17) is 4.74 Å². The molecule has 0 amide bonds. The molecular formula is C26H25F2NO2. The van der Waals surface area contributed by atoms with Crippen LogP contribution in [0.5, 0.6) is 11.5 Å². The van der Waals surface area contributed by atoms with Crippen LogP contribution in [0, 0.1) is 13.8 Å². The normalized spacial score (nSPS) is 11.8. The van der Waals surface area contributed by atoms with Crippen LogP contribution in [0.4, 0.5) is 8.78 Å². The Morgan fingerprint density at radius 3 is 2.39 bits per heavy atom. The van der Waals surface area contributed by atoms with Crippen LogP contribution in [-0.2, 0) is 12.5 Å². The molecule has 31 heavy (non-hydrogen) atoms. The van der Waals surface area contributed by atoms with Gasteiger partial charge in [0.1, 0.15) is 11.5 Å². The van der Waals surface area contributed by atoms with Crippen LogP contribution in [0.1, 0.15) is 23.6 Å². The van der Waals surface area contributed by atoms with Crippen LogP contribution < -0.4 is 4.74 Å². The van der Waals surface area contributed by atoms with Gasteiger partial charge in [0.15, 0.2) is 0 Å². The van der Waals surface area contributed by atoms with Gasteiger partial charge in [-0.25, -0.2) is 8.78 Å². The van der Waals surface area contributed by atoms with Crippen molar-refractivity contribution < 1.29 is 18.6 Å². The highest BCUT2D eigenvalue weighted by Crippen LogP contribution is 2.36. The minimum absolute atomic E-state index is 0.0445. The van der Waals surface area contributed by atoms with E-state index in [0.717, 1.165) is 40.1 Å². The molecule has 0 atom stereocenters. The van der Waals surface area contributed by atoms with Crippen LogP contribution in [0.15, 0.2) is 66.9 Å². The zero-order valence-electron chi connectivity index (χ0n) is 17.8. The average molecular weight is 421 g/mol. The summed E-state index contributed by atoms with van der Waals surface area (Å²) in [5.41, 5.74) is 5.28. The van der Waals surface area contributed by atoms with Gasteiger partial charge in [0.05, 0.1) is 6.61 Å². The molecular weight excluding hydrogens is 396 g/mol. The van der Waals surface area contributed by atoms with E-state index >= 15 is 0 Å². The molecule has 3 aromatic carbocycles. The van der Waals surface area contributed by atoms with E-state index in [1.54, 1.807) is 12.1 Å². The molecule has 4 rings (SSSR count). The molecule has 0 saturated heterocycles. The van der Waals surface area contributed by atoms with Crippen LogP contribution in [0.2, 0.25) is 0 Å². The van der Waals surface area contributed by atoms with Crippen molar-refractivity contribution in [2.24, 2.45) is 0 Å². The Balaban J connectivity index is 1.74. The van der Waals surface area contributed by atoms with Crippen LogP contribution >= 0.6 is 0 Å². The van der Waals surface area contributed by atoms with Crippen molar-refractivity contribution in [1.82, 2.24) is 4.57 Å². The molecule has 0 saturated carbocycles. The third kappa shape index (κ3) is 4.32. The Labute approximate surface area is 180 Å². The van der Waals surface area contributed by atoms with Crippen LogP contribution in [-0.4, -0.2) is 16.3 Å². The molecule has 1 heterocycles. The Morgan fingerprint density at radius 1 is 0.968 bits per heavy atom. The molecule has 0 spiro atoms. The van der Waals surface area contributed by atoms with Gasteiger partial charge in [0, 0.05) is 41.7 Å². The van der Waals surface area contributed by atoms with Crippen molar-refractivity contribution in [3.8, 4) is 22.6 Å². The number of hydrogen-bond donors (Lipinski definition) is 1. The van der Waals surface area contributed by atoms with Gasteiger partial charge < -0.3 is 14.4 Å². The standard InChI is InChI=1S/C26H25F2NO2/c1-17-13-19(23-16-29(11-12-30)24-6-4-5-18(2)25(23)24)15-22(14-17)31-21-9-7-20(8-10-21)26(3,27)28/h4-10,13-16,30H,11-12H2,1-3H3. The number of alkyl halides is 2. The molecule has 0 fully saturated rings. The van der Waals surface area contributed by atoms with E-state index in [0.29, 0.717) is 18.0 Å². The average Bonchev–Trinajstić information content (AvgIpc) is 3.08. The van der Waals surface area contributed by atoms with Gasteiger partial charge in [-0.05, 0) is 73.0 Å². The maximum Gasteiger partial charge on any atom is 0.270 e. The molecule has 1 aromatic heterocycles. The largest absolute Gasteiger partial charge is 0.457 e. The molecule has 1 N–H and O–H groups in total. The molecule has 160 valence electrons. The van der Waals surface area contributed by atoms with E-state index in [1.807, 2.05) is 25.1 Å². The lowest BCUT2D eigenvalue weighted by Gasteiger charge is -2.13. The van der Waals surface area contributed by atoms with Gasteiger partial charge in [-0.15, -0.1) is 0 Å². The highest BCUT2D eigenvalue weighted by Gasteiger charge is 2.23. The number of hydrogen-bond acceptors (Lipinski definition) is 2. The molecule has 5 heteroatoms. The summed E-state index contributed by atoms with van der Waals surface area (Å²) in [5, 5.41) is 10.6. The number of aliphatic hydroxyl groups is 1. The Kier molecular flexibility index (Phi) is 5.54. The third-order valence-corrected chi connectivity index (χ3v) is 5.41. The minimum atomic E-state index is -2.88. The van der Waals surface area contributed by atoms with Gasteiger partial charge in [-0.1, -0.05) is 18.2 Å². The lowest BCUT2D eigenvalue weighted by Crippen LogP contribution is -2.06. The predicted octanol–water partition coefficient (Wildman–Crippen LogP) is 6.82. The number of halogens is 2. The number of fused-ring (bicyclic) bond motifs is 1. The van der Waals surface area contributed by atoms with Crippen LogP contribution in [0.25, 0.3) is 22.0 Å². The van der Waals surface area contributed by atoms with E-state index in [2.05, 4.69) is 35.9 Å². The predicted molar refractivity (Wildman–Crippen MR) is 120 cm³/mol. The number of aryl methyl sites for hydroxylation is 2. The Hall–Kier alpha value is -3.18. The van der Waals surface area contributed by atoms with E-state index in [-0.39, 0.29) is 12.2 Å². The van der Waals surface area contributed by atoms with Crippen molar-refractivity contribution in [2.75, 3.05) is 6.61 Å². The Bertz CT molecular complexity index is 1220. The number of benzene rings is 3. The van der Waals surface area contributed by atoms with Crippen molar-refractivity contribution >= 4 is 10.9 Å². The van der Waals surface area contributed by atoms with Crippen molar-refractivity contribution in [3.05, 3.63) is 83.6 Å². The number of rotatable bonds is 6. The second-order valence-corrected chi connectivity index (χ2v) is 7.98. The van der Waals surface area contributed by atoms with Crippen molar-refractivity contribution in [3.63, 3.8) is 0 Å². The summed E-state index contributed by atoms with van der Waals surface area (Å²) >= 11 is 0. The SMILES string of the molecule is Cc1cc(Oc2ccc(C(C)(F)F)cc2)cc(-c2cn(CCO)c3cccc(C)c23)c1. The summed E-state index contributed by atoms with van der Waals surface area (Å²) in [4.78, 5) is 0. The fourth-order valence-electron chi connectivity index (χ4n) is 3.96. The highest BCUT2D eigenvalue weighted by atomic mass is 19.3. The first-order valence-corrected chi connectivity index (χ1v) is 10.2. The fraction of sp³-hybridized carbons (Fsp3) is 0.231. The van der Waals surface area contributed by atoms with Crippen LogP contribution in [0.3, 0.4) is 0 Å². The lowest BCUT2D eigenvalue weighted by molar-refractivity contribution is 0.0174. The number of ether oxygens (including phenoxy) is 1. The molecule has 0 unspecified atom stereocenters. The summed E-state index contributed by atoms with van der Waals surface area (Å²) in [7, 11) is 0. The summed E-state index contributed by atoms with van der Waals surface area (Å²) in [6.45, 7) is 5.53. The van der Waals surface area contributed by atoms with Gasteiger partial charge in [0.2, 0.25) is 0 Å². The molecule has 0 aliphatic rings. The van der Waals surface area contributed by atoms with Crippen molar-refractivity contribution in [1.29, 1.82) is 0 Å². The number of aromatic nitrogens is 1. The zero-order chi connectivity index (χ0) is 22.2. The zero-order valence-corrected chi connectivity index (χ0v) is 17.8. The Morgan fingerprint density at radius 2 is 1.71 bits per heavy atom. The smallest absolute Gasteiger partial charge is 0.270 e. The summed E-state index contributed by atoms with van der Waals surface area (Å²) in [5.74, 6) is -1.73. The van der Waals surface area contributed by atoms with Gasteiger partial charge in [-0.2, -0.15) is 0 Å². The molecule has 0 aliphatic carbocycles. The maximum absolute atomic E-state index is 13.5. The third-order valence-electron chi connectivity index (χ3n) is 5.41. The molecule has 0 radical (unpaired) electrons. The van der Waals surface area contributed by atoms with Gasteiger partial charge in [0.25, 0.3) is 5.92 Å². The van der Waals surface area contributed by atoms with E-state index < -0.39 is 5.92 Å². The van der Waals surface area contributed by atoms with E-state index in [9.17, 15) is 13.9 Å². The maximum atomic E-state index is 13.5. The topological polar surface area (TPSA) is 34.4 Å². The second-order valence-electron chi connectivity index (χ2n) is 7.98. The van der Waals surface area contributed by atoms with Crippen molar-refractivity contribution in [2.45, 2.75) is 33.2 Å². The first kappa shape index (κ1) is 21.1. The monoisotopic (exact) mass is 421 g/mol. The van der Waals surface area contributed by atoms with Gasteiger partial charge in [-0.3, -0.25) is 0 Å². The second kappa shape index (κ2) is 8.16. The lowest BCUT2D eigenvalue weighted by atomic mass is 10.00. The number of aliphatic hydroxyl groups excluding tert-OH is 1. The number of nitrogens with zero attached hydrogens (tertiary/aromatic N) is 1.